The summed E-state index contributed by atoms with van der Waals surface area (Å²) in [7, 11) is 0. The van der Waals surface area contributed by atoms with Gasteiger partial charge in [0.05, 0.1) is 57.4 Å². The molecule has 13 heterocycles. The normalized spacial score (nSPS) is 19.2. The summed E-state index contributed by atoms with van der Waals surface area (Å²) < 4.78 is 26.8. The van der Waals surface area contributed by atoms with Crippen LogP contribution in [0.15, 0.2) is 189 Å². The van der Waals surface area contributed by atoms with Gasteiger partial charge in [-0.3, -0.25) is 13.7 Å². The molecular weight excluding hydrogens is 1230 g/mol. The molecular formula is C81H76FN17. The Morgan fingerprint density at radius 1 is 0.535 bits per heavy atom. The third-order valence-electron chi connectivity index (χ3n) is 22.1. The zero-order valence-corrected chi connectivity index (χ0v) is 55.9. The van der Waals surface area contributed by atoms with Crippen molar-refractivity contribution in [2.45, 2.75) is 78.2 Å². The average Bonchev–Trinajstić information content (AvgIpc) is 1.40. The first kappa shape index (κ1) is 60.4. The van der Waals surface area contributed by atoms with Gasteiger partial charge in [-0.1, -0.05) is 42.8 Å². The molecule has 1 spiro atoms. The Balaban J connectivity index is 0.000000107. The van der Waals surface area contributed by atoms with Gasteiger partial charge >= 0.3 is 0 Å². The van der Waals surface area contributed by atoms with Crippen LogP contribution in [0.25, 0.3) is 85.0 Å². The first-order chi connectivity index (χ1) is 48.4. The number of hydrogen-bond acceptors (Lipinski definition) is 11. The highest BCUT2D eigenvalue weighted by Gasteiger charge is 2.45. The van der Waals surface area contributed by atoms with Crippen LogP contribution in [0.4, 0.5) is 21.5 Å². The van der Waals surface area contributed by atoms with Crippen molar-refractivity contribution in [1.29, 1.82) is 10.5 Å². The maximum atomic E-state index is 13.4. The maximum absolute atomic E-state index is 13.4. The number of hydrogen-bond donors (Lipinski definition) is 2. The molecule has 18 heteroatoms. The predicted molar refractivity (Wildman–Crippen MR) is 386 cm³/mol. The lowest BCUT2D eigenvalue weighted by atomic mass is 9.79. The molecule has 2 N–H and O–H groups in total. The number of benzene rings is 6. The quantitative estimate of drug-likeness (QED) is 0.163. The first-order valence-corrected chi connectivity index (χ1v) is 34.9. The summed E-state index contributed by atoms with van der Waals surface area (Å²) >= 11 is 0. The Morgan fingerprint density at radius 2 is 1.04 bits per heavy atom. The van der Waals surface area contributed by atoms with E-state index in [-0.39, 0.29) is 5.82 Å². The number of aromatic nitrogens is 10. The van der Waals surface area contributed by atoms with E-state index in [1.54, 1.807) is 6.33 Å². The van der Waals surface area contributed by atoms with Gasteiger partial charge in [-0.05, 0) is 201 Å². The summed E-state index contributed by atoms with van der Waals surface area (Å²) in [6, 6.07) is 54.7. The highest BCUT2D eigenvalue weighted by Crippen LogP contribution is 2.45. The Kier molecular flexibility index (Phi) is 14.8. The molecule has 12 aromatic rings. The highest BCUT2D eigenvalue weighted by molar-refractivity contribution is 5.76. The molecule has 0 amide bonds. The molecule has 99 heavy (non-hydrogen) atoms. The summed E-state index contributed by atoms with van der Waals surface area (Å²) in [5.41, 5.74) is 24.1. The minimum atomic E-state index is -0.215. The Hall–Kier alpha value is -11.1. The fourth-order valence-electron chi connectivity index (χ4n) is 17.2. The molecule has 7 aliphatic heterocycles. The molecule has 2 unspecified atom stereocenters. The molecule has 17 nitrogen and oxygen atoms in total. The molecule has 6 aromatic carbocycles. The second-order valence-corrected chi connectivity index (χ2v) is 28.8. The number of halogens is 1. The lowest BCUT2D eigenvalue weighted by molar-refractivity contribution is 0.243. The molecule has 20 rings (SSSR count). The smallest absolute Gasteiger partial charge is 0.185 e. The van der Waals surface area contributed by atoms with Crippen LogP contribution in [0.5, 0.6) is 0 Å². The summed E-state index contributed by atoms with van der Waals surface area (Å²) in [5.74, 6) is 4.31. The number of piperazine rings is 1. The van der Waals surface area contributed by atoms with E-state index in [0.29, 0.717) is 28.6 Å². The maximum Gasteiger partial charge on any atom is 0.185 e. The molecule has 4 saturated heterocycles. The van der Waals surface area contributed by atoms with Gasteiger partial charge in [-0.2, -0.15) is 10.5 Å². The molecule has 492 valence electrons. The van der Waals surface area contributed by atoms with Gasteiger partial charge in [-0.25, -0.2) is 14.4 Å². The number of fused-ring (bicyclic) bond motifs is 16. The molecule has 0 radical (unpaired) electrons. The van der Waals surface area contributed by atoms with Crippen LogP contribution < -0.4 is 25.3 Å². The van der Waals surface area contributed by atoms with Crippen molar-refractivity contribution < 1.29 is 4.39 Å². The van der Waals surface area contributed by atoms with E-state index in [0.717, 1.165) is 150 Å². The van der Waals surface area contributed by atoms with Crippen LogP contribution in [0, 0.1) is 52.7 Å². The van der Waals surface area contributed by atoms with Crippen molar-refractivity contribution in [3.63, 3.8) is 0 Å². The molecule has 4 atom stereocenters. The fraction of sp³-hybridized carbons (Fsp3) is 0.284. The monoisotopic (exact) mass is 1310 g/mol. The van der Waals surface area contributed by atoms with Gasteiger partial charge in [0.2, 0.25) is 0 Å². The third kappa shape index (κ3) is 10.9. The number of nitrogens with zero attached hydrogens (tertiary/aromatic N) is 15. The fourth-order valence-corrected chi connectivity index (χ4v) is 17.2. The Labute approximate surface area is 575 Å². The number of imidazole rings is 2. The van der Waals surface area contributed by atoms with Gasteiger partial charge in [0.25, 0.3) is 0 Å². The molecule has 8 aliphatic rings. The summed E-state index contributed by atoms with van der Waals surface area (Å²) in [5, 5.41) is 34.1. The van der Waals surface area contributed by atoms with E-state index >= 15 is 0 Å². The summed E-state index contributed by atoms with van der Waals surface area (Å²) in [6.45, 7) is 18.0. The van der Waals surface area contributed by atoms with E-state index in [1.807, 2.05) is 79.3 Å². The minimum Gasteiger partial charge on any atom is -0.371 e. The summed E-state index contributed by atoms with van der Waals surface area (Å²) in [6.07, 6.45) is 19.7. The number of anilines is 3. The van der Waals surface area contributed by atoms with Crippen LogP contribution in [0.2, 0.25) is 0 Å². The number of rotatable bonds is 6. The molecule has 5 fully saturated rings. The molecule has 6 aromatic heterocycles. The standard InChI is InChI=1S/C29H27N5.C26H24FN5.C26H25N7/c1-19-14-31-29-28-12-24(21-7-5-20(13-30)6-8-21)17-33(28)18-25-11-26(9-10-27(25)34(19)29)32-15-22-3-2-4-23(22)16-32;27-21-3-1-18(2-4-21)19-12-24-25-29-9-10-32(25)23-6-5-22(11-20(23)14-30(24)13-19)31-16-26(17-31)7-8-28-15-26;1-17-12-31(13-18(2)29-17)23-7-8-24-22(9-23)15-32-14-21(20-5-3-19(11-27)4-6-20)10-25(32)26-30-28-16-33(24)26/h5-12,14,17,22-23H,2-4,15-16,18H2,1H3;1-6,9-13,28H,7-8,14-17H2;3-10,14,16-18,29H,12-13,15H2,1-2H3/t;;17-,18+. The Morgan fingerprint density at radius 3 is 1.60 bits per heavy atom. The third-order valence-corrected chi connectivity index (χ3v) is 22.1. The topological polar surface area (TPSA) is 162 Å². The van der Waals surface area contributed by atoms with E-state index in [4.69, 9.17) is 15.5 Å². The van der Waals surface area contributed by atoms with E-state index in [2.05, 4.69) is 192 Å². The van der Waals surface area contributed by atoms with E-state index in [9.17, 15) is 4.39 Å². The lowest BCUT2D eigenvalue weighted by Gasteiger charge is -2.49. The zero-order valence-electron chi connectivity index (χ0n) is 55.9. The van der Waals surface area contributed by atoms with Crippen molar-refractivity contribution in [1.82, 2.24) is 58.2 Å². The van der Waals surface area contributed by atoms with Gasteiger partial charge < -0.3 is 39.0 Å². The SMILES string of the molecule is C[C@@H]1CN(c2ccc3c(c2)Cn2cc(-c4ccc(C#N)cc4)cc2-c2nncn2-3)C[C@H](C)N1.Cc1cnc2n1-c1ccc(N3CC4CCCC4C3)cc1Cn1cc(-c3ccc(C#N)cc3)cc1-2.Fc1ccc(-c2cc3n(c2)Cc2cc(N4CC5(CCNC5)C4)ccc2-n2ccnc2-3)cc1. The first-order valence-electron chi connectivity index (χ1n) is 34.9. The second-order valence-electron chi connectivity index (χ2n) is 28.8. The molecule has 0 bridgehead atoms. The van der Waals surface area contributed by atoms with Gasteiger partial charge in [0.1, 0.15) is 12.1 Å². The zero-order chi connectivity index (χ0) is 66.6. The number of nitrogens with one attached hydrogen (secondary N) is 2. The summed E-state index contributed by atoms with van der Waals surface area (Å²) in [4.78, 5) is 17.1. The van der Waals surface area contributed by atoms with E-state index in [1.165, 1.54) is 96.0 Å². The van der Waals surface area contributed by atoms with Crippen molar-refractivity contribution in [2.75, 3.05) is 67.1 Å². The average molecular weight is 1310 g/mol. The number of aryl methyl sites for hydroxylation is 1. The second kappa shape index (κ2) is 24.2. The van der Waals surface area contributed by atoms with Crippen LogP contribution in [-0.2, 0) is 19.6 Å². The van der Waals surface area contributed by atoms with Gasteiger partial charge in [0, 0.05) is 160 Å². The highest BCUT2D eigenvalue weighted by atomic mass is 19.1. The van der Waals surface area contributed by atoms with Crippen molar-refractivity contribution in [3.05, 3.63) is 228 Å². The van der Waals surface area contributed by atoms with Crippen LogP contribution >= 0.6 is 0 Å². The van der Waals surface area contributed by atoms with E-state index < -0.39 is 0 Å². The largest absolute Gasteiger partial charge is 0.371 e. The minimum absolute atomic E-state index is 0.215. The van der Waals surface area contributed by atoms with Gasteiger partial charge in [-0.15, -0.1) is 10.2 Å². The Bertz CT molecular complexity index is 5140. The van der Waals surface area contributed by atoms with Crippen LogP contribution in [-0.4, -0.2) is 112 Å². The molecule has 1 saturated carbocycles. The predicted octanol–water partition coefficient (Wildman–Crippen LogP) is 13.9. The van der Waals surface area contributed by atoms with Crippen molar-refractivity contribution >= 4 is 17.1 Å². The van der Waals surface area contributed by atoms with Crippen LogP contribution in [0.3, 0.4) is 0 Å². The lowest BCUT2D eigenvalue weighted by Crippen LogP contribution is -2.57. The number of nitriles is 2. The van der Waals surface area contributed by atoms with Crippen molar-refractivity contribution in [2.24, 2.45) is 17.3 Å². The van der Waals surface area contributed by atoms with Gasteiger partial charge in [0.15, 0.2) is 17.5 Å². The van der Waals surface area contributed by atoms with Crippen LogP contribution in [0.1, 0.15) is 73.0 Å². The van der Waals surface area contributed by atoms with Crippen molar-refractivity contribution in [3.8, 4) is 97.1 Å². The molecule has 1 aliphatic carbocycles.